The van der Waals surface area contributed by atoms with Crippen molar-refractivity contribution in [2.45, 2.75) is 39.2 Å². The number of benzene rings is 1. The lowest BCUT2D eigenvalue weighted by Gasteiger charge is -2.26. The van der Waals surface area contributed by atoms with E-state index < -0.39 is 5.97 Å². The highest BCUT2D eigenvalue weighted by atomic mass is 35.5. The van der Waals surface area contributed by atoms with Crippen LogP contribution in [0.3, 0.4) is 0 Å². The Bertz CT molecular complexity index is 468. The van der Waals surface area contributed by atoms with Crippen molar-refractivity contribution in [3.63, 3.8) is 0 Å². The zero-order valence-corrected chi connectivity index (χ0v) is 12.6. The van der Waals surface area contributed by atoms with E-state index >= 15 is 0 Å². The van der Waals surface area contributed by atoms with Gasteiger partial charge in [-0.25, -0.2) is 0 Å². The van der Waals surface area contributed by atoms with Gasteiger partial charge in [-0.1, -0.05) is 17.7 Å². The minimum atomic E-state index is -0.631. The third-order valence-corrected chi connectivity index (χ3v) is 4.48. The van der Waals surface area contributed by atoms with Gasteiger partial charge in [-0.2, -0.15) is 0 Å². The summed E-state index contributed by atoms with van der Waals surface area (Å²) < 4.78 is 0. The fourth-order valence-corrected chi connectivity index (χ4v) is 3.11. The lowest BCUT2D eigenvalue weighted by atomic mass is 9.82. The first kappa shape index (κ1) is 15.3. The molecule has 4 heteroatoms. The van der Waals surface area contributed by atoms with Gasteiger partial charge in [0.15, 0.2) is 0 Å². The lowest BCUT2D eigenvalue weighted by Crippen LogP contribution is -2.28. The summed E-state index contributed by atoms with van der Waals surface area (Å²) in [5.74, 6) is -0.142. The average molecular weight is 296 g/mol. The third kappa shape index (κ3) is 4.22. The molecular weight excluding hydrogens is 274 g/mol. The average Bonchev–Trinajstić information content (AvgIpc) is 2.42. The van der Waals surface area contributed by atoms with Crippen LogP contribution in [0.2, 0.25) is 5.02 Å². The molecule has 0 spiro atoms. The maximum atomic E-state index is 10.9. The van der Waals surface area contributed by atoms with E-state index in [0.717, 1.165) is 43.8 Å². The largest absolute Gasteiger partial charge is 0.481 e. The second kappa shape index (κ2) is 7.09. The van der Waals surface area contributed by atoms with Crippen molar-refractivity contribution in [2.24, 2.45) is 11.8 Å². The van der Waals surface area contributed by atoms with Crippen molar-refractivity contribution in [2.75, 3.05) is 6.54 Å². The number of carboxylic acid groups (broad SMARTS) is 1. The van der Waals surface area contributed by atoms with Crippen LogP contribution in [-0.4, -0.2) is 17.6 Å². The van der Waals surface area contributed by atoms with Gasteiger partial charge in [0.05, 0.1) is 5.92 Å². The van der Waals surface area contributed by atoms with Gasteiger partial charge in [0.2, 0.25) is 0 Å². The maximum absolute atomic E-state index is 10.9. The molecule has 1 aliphatic rings. The van der Waals surface area contributed by atoms with E-state index in [1.54, 1.807) is 0 Å². The van der Waals surface area contributed by atoms with Crippen molar-refractivity contribution in [3.8, 4) is 0 Å². The third-order valence-electron chi connectivity index (χ3n) is 4.25. The fourth-order valence-electron chi connectivity index (χ4n) is 2.88. The van der Waals surface area contributed by atoms with Crippen LogP contribution in [0.15, 0.2) is 18.2 Å². The van der Waals surface area contributed by atoms with Crippen LogP contribution in [0.1, 0.15) is 36.8 Å². The van der Waals surface area contributed by atoms with Gasteiger partial charge in [-0.05, 0) is 68.3 Å². The normalized spacial score (nSPS) is 22.7. The van der Waals surface area contributed by atoms with E-state index in [0.29, 0.717) is 5.92 Å². The molecule has 1 aromatic carbocycles. The maximum Gasteiger partial charge on any atom is 0.306 e. The number of nitrogens with one attached hydrogen (secondary N) is 1. The molecule has 0 saturated heterocycles. The molecule has 20 heavy (non-hydrogen) atoms. The first-order valence-corrected chi connectivity index (χ1v) is 7.62. The number of carbonyl (C=O) groups is 1. The molecule has 0 heterocycles. The molecule has 0 unspecified atom stereocenters. The van der Waals surface area contributed by atoms with Crippen molar-refractivity contribution >= 4 is 17.6 Å². The summed E-state index contributed by atoms with van der Waals surface area (Å²) in [6, 6.07) is 5.96. The minimum Gasteiger partial charge on any atom is -0.481 e. The SMILES string of the molecule is Cc1cc(Cl)ccc1CNCC1CCC(C(=O)O)CC1. The highest BCUT2D eigenvalue weighted by molar-refractivity contribution is 6.30. The Balaban J connectivity index is 1.73. The van der Waals surface area contributed by atoms with Crippen LogP contribution in [0.25, 0.3) is 0 Å². The first-order chi connectivity index (χ1) is 9.56. The van der Waals surface area contributed by atoms with Gasteiger partial charge in [0.25, 0.3) is 0 Å². The van der Waals surface area contributed by atoms with E-state index in [4.69, 9.17) is 16.7 Å². The zero-order chi connectivity index (χ0) is 14.5. The summed E-state index contributed by atoms with van der Waals surface area (Å²) in [5.41, 5.74) is 2.48. The molecule has 0 atom stereocenters. The van der Waals surface area contributed by atoms with E-state index in [2.05, 4.69) is 18.3 Å². The van der Waals surface area contributed by atoms with Crippen LogP contribution in [0.4, 0.5) is 0 Å². The molecule has 3 nitrogen and oxygen atoms in total. The molecule has 1 saturated carbocycles. The quantitative estimate of drug-likeness (QED) is 0.872. The summed E-state index contributed by atoms with van der Waals surface area (Å²) in [4.78, 5) is 10.9. The van der Waals surface area contributed by atoms with Crippen LogP contribution < -0.4 is 5.32 Å². The predicted molar refractivity (Wildman–Crippen MR) is 81.0 cm³/mol. The van der Waals surface area contributed by atoms with Crippen molar-refractivity contribution in [3.05, 3.63) is 34.3 Å². The molecule has 0 bridgehead atoms. The fraction of sp³-hybridized carbons (Fsp3) is 0.562. The highest BCUT2D eigenvalue weighted by Gasteiger charge is 2.25. The Labute approximate surface area is 125 Å². The monoisotopic (exact) mass is 295 g/mol. The van der Waals surface area contributed by atoms with Crippen molar-refractivity contribution in [1.82, 2.24) is 5.32 Å². The minimum absolute atomic E-state index is 0.121. The molecule has 110 valence electrons. The molecule has 0 aliphatic heterocycles. The van der Waals surface area contributed by atoms with Gasteiger partial charge in [-0.15, -0.1) is 0 Å². The first-order valence-electron chi connectivity index (χ1n) is 7.25. The van der Waals surface area contributed by atoms with Crippen molar-refractivity contribution < 1.29 is 9.90 Å². The Kier molecular flexibility index (Phi) is 5.44. The Morgan fingerprint density at radius 1 is 1.35 bits per heavy atom. The summed E-state index contributed by atoms with van der Waals surface area (Å²) >= 11 is 5.94. The van der Waals surface area contributed by atoms with Gasteiger partial charge in [-0.3, -0.25) is 4.79 Å². The molecule has 1 aliphatic carbocycles. The number of hydrogen-bond acceptors (Lipinski definition) is 2. The van der Waals surface area contributed by atoms with E-state index in [1.165, 1.54) is 11.1 Å². The van der Waals surface area contributed by atoms with E-state index in [1.807, 2.05) is 12.1 Å². The van der Waals surface area contributed by atoms with Gasteiger partial charge < -0.3 is 10.4 Å². The van der Waals surface area contributed by atoms with Gasteiger partial charge in [0.1, 0.15) is 0 Å². The van der Waals surface area contributed by atoms with E-state index in [9.17, 15) is 4.79 Å². The molecule has 1 aromatic rings. The summed E-state index contributed by atoms with van der Waals surface area (Å²) in [6.45, 7) is 3.89. The molecule has 2 rings (SSSR count). The Morgan fingerprint density at radius 2 is 2.05 bits per heavy atom. The van der Waals surface area contributed by atoms with Crippen LogP contribution in [-0.2, 0) is 11.3 Å². The molecule has 1 fully saturated rings. The molecule has 2 N–H and O–H groups in total. The smallest absolute Gasteiger partial charge is 0.306 e. The topological polar surface area (TPSA) is 49.3 Å². The molecule has 0 aromatic heterocycles. The molecular formula is C16H22ClNO2. The number of halogens is 1. The highest BCUT2D eigenvalue weighted by Crippen LogP contribution is 2.28. The summed E-state index contributed by atoms with van der Waals surface area (Å²) in [5, 5.41) is 13.2. The second-order valence-corrected chi connectivity index (χ2v) is 6.19. The molecule has 0 radical (unpaired) electrons. The zero-order valence-electron chi connectivity index (χ0n) is 11.9. The predicted octanol–water partition coefficient (Wildman–Crippen LogP) is 3.63. The summed E-state index contributed by atoms with van der Waals surface area (Å²) in [7, 11) is 0. The van der Waals surface area contributed by atoms with Crippen molar-refractivity contribution in [1.29, 1.82) is 0 Å². The molecule has 0 amide bonds. The van der Waals surface area contributed by atoms with E-state index in [-0.39, 0.29) is 5.92 Å². The number of rotatable bonds is 5. The van der Waals surface area contributed by atoms with Crippen LogP contribution in [0, 0.1) is 18.8 Å². The Morgan fingerprint density at radius 3 is 2.65 bits per heavy atom. The number of aryl methyl sites for hydroxylation is 1. The number of hydrogen-bond donors (Lipinski definition) is 2. The second-order valence-electron chi connectivity index (χ2n) is 5.76. The summed E-state index contributed by atoms with van der Waals surface area (Å²) in [6.07, 6.45) is 3.68. The standard InChI is InChI=1S/C16H22ClNO2/c1-11-8-15(17)7-6-14(11)10-18-9-12-2-4-13(5-3-12)16(19)20/h6-8,12-13,18H,2-5,9-10H2,1H3,(H,19,20). The van der Waals surface area contributed by atoms with Gasteiger partial charge in [0, 0.05) is 11.6 Å². The lowest BCUT2D eigenvalue weighted by molar-refractivity contribution is -0.143. The van der Waals surface area contributed by atoms with Crippen LogP contribution >= 0.6 is 11.6 Å². The van der Waals surface area contributed by atoms with Crippen LogP contribution in [0.5, 0.6) is 0 Å². The number of carboxylic acids is 1. The number of aliphatic carboxylic acids is 1. The Hall–Kier alpha value is -1.06. The van der Waals surface area contributed by atoms with Gasteiger partial charge >= 0.3 is 5.97 Å².